The van der Waals surface area contributed by atoms with Crippen LogP contribution in [0, 0.1) is 13.8 Å². The molecule has 0 radical (unpaired) electrons. The lowest BCUT2D eigenvalue weighted by Crippen LogP contribution is -2.30. The molecule has 2 heterocycles. The van der Waals surface area contributed by atoms with E-state index in [2.05, 4.69) is 47.3 Å². The van der Waals surface area contributed by atoms with Gasteiger partial charge in [0.25, 0.3) is 0 Å². The van der Waals surface area contributed by atoms with Gasteiger partial charge in [0.1, 0.15) is 5.60 Å². The summed E-state index contributed by atoms with van der Waals surface area (Å²) in [6.45, 7) is 6.45. The van der Waals surface area contributed by atoms with Crippen LogP contribution in [0.5, 0.6) is 0 Å². The molecule has 1 unspecified atom stereocenters. The summed E-state index contributed by atoms with van der Waals surface area (Å²) in [6, 6.07) is 20.5. The van der Waals surface area contributed by atoms with Crippen LogP contribution in [0.15, 0.2) is 60.7 Å². The van der Waals surface area contributed by atoms with Crippen molar-refractivity contribution in [3.05, 3.63) is 83.2 Å². The van der Waals surface area contributed by atoms with E-state index < -0.39 is 5.60 Å². The highest BCUT2D eigenvalue weighted by Crippen LogP contribution is 2.33. The molecule has 4 rings (SSSR count). The quantitative estimate of drug-likeness (QED) is 0.784. The van der Waals surface area contributed by atoms with Crippen molar-refractivity contribution in [3.8, 4) is 5.69 Å². The van der Waals surface area contributed by atoms with Crippen LogP contribution in [0.4, 0.5) is 0 Å². The molecule has 0 aliphatic carbocycles. The number of rotatable bonds is 4. The summed E-state index contributed by atoms with van der Waals surface area (Å²) in [7, 11) is 0. The van der Waals surface area contributed by atoms with Gasteiger partial charge in [0.15, 0.2) is 0 Å². The number of benzene rings is 2. The molecule has 3 aromatic rings. The molecular formula is C22H25N3O. The van der Waals surface area contributed by atoms with Gasteiger partial charge in [-0.25, -0.2) is 4.68 Å². The van der Waals surface area contributed by atoms with Gasteiger partial charge in [0.2, 0.25) is 0 Å². The van der Waals surface area contributed by atoms with Crippen molar-refractivity contribution in [2.24, 2.45) is 0 Å². The van der Waals surface area contributed by atoms with Crippen LogP contribution in [-0.2, 0) is 12.1 Å². The van der Waals surface area contributed by atoms with E-state index >= 15 is 0 Å². The van der Waals surface area contributed by atoms with Crippen molar-refractivity contribution in [1.29, 1.82) is 0 Å². The maximum absolute atomic E-state index is 11.1. The first-order valence-corrected chi connectivity index (χ1v) is 9.17. The number of aryl methyl sites for hydroxylation is 2. The second-order valence-corrected chi connectivity index (χ2v) is 7.33. The van der Waals surface area contributed by atoms with Gasteiger partial charge in [-0.15, -0.1) is 0 Å². The second kappa shape index (κ2) is 6.71. The van der Waals surface area contributed by atoms with Crippen LogP contribution in [0.2, 0.25) is 0 Å². The Labute approximate surface area is 154 Å². The van der Waals surface area contributed by atoms with Gasteiger partial charge in [-0.1, -0.05) is 48.5 Å². The van der Waals surface area contributed by atoms with Crippen molar-refractivity contribution in [2.45, 2.75) is 32.4 Å². The van der Waals surface area contributed by atoms with Crippen molar-refractivity contribution in [3.63, 3.8) is 0 Å². The van der Waals surface area contributed by atoms with Gasteiger partial charge >= 0.3 is 0 Å². The summed E-state index contributed by atoms with van der Waals surface area (Å²) >= 11 is 0. The molecule has 1 aliphatic rings. The van der Waals surface area contributed by atoms with E-state index in [1.807, 2.05) is 41.9 Å². The molecule has 1 atom stereocenters. The Morgan fingerprint density at radius 2 is 1.77 bits per heavy atom. The summed E-state index contributed by atoms with van der Waals surface area (Å²) in [5, 5.41) is 15.7. The topological polar surface area (TPSA) is 41.3 Å². The summed E-state index contributed by atoms with van der Waals surface area (Å²) in [4.78, 5) is 2.33. The molecule has 1 fully saturated rings. The Kier molecular flexibility index (Phi) is 4.39. The number of hydrogen-bond donors (Lipinski definition) is 1. The average molecular weight is 347 g/mol. The Bertz CT molecular complexity index is 903. The third kappa shape index (κ3) is 3.18. The molecule has 2 aromatic carbocycles. The summed E-state index contributed by atoms with van der Waals surface area (Å²) in [5.74, 6) is 0. The largest absolute Gasteiger partial charge is 0.384 e. The maximum atomic E-state index is 11.1. The average Bonchev–Trinajstić information content (AvgIpc) is 3.19. The smallest absolute Gasteiger partial charge is 0.103 e. The summed E-state index contributed by atoms with van der Waals surface area (Å²) in [5.41, 5.74) is 4.77. The minimum absolute atomic E-state index is 0.655. The highest BCUT2D eigenvalue weighted by molar-refractivity contribution is 5.42. The predicted molar refractivity (Wildman–Crippen MR) is 103 cm³/mol. The van der Waals surface area contributed by atoms with Crippen LogP contribution in [0.25, 0.3) is 5.69 Å². The van der Waals surface area contributed by atoms with Gasteiger partial charge in [-0.05, 0) is 43.5 Å². The fourth-order valence-corrected chi connectivity index (χ4v) is 3.95. The number of para-hydroxylation sites is 1. The summed E-state index contributed by atoms with van der Waals surface area (Å²) < 4.78 is 2.02. The summed E-state index contributed by atoms with van der Waals surface area (Å²) in [6.07, 6.45) is 0.763. The minimum atomic E-state index is -0.756. The van der Waals surface area contributed by atoms with E-state index in [9.17, 15) is 5.11 Å². The maximum Gasteiger partial charge on any atom is 0.103 e. The first-order chi connectivity index (χ1) is 12.5. The zero-order valence-corrected chi connectivity index (χ0v) is 15.4. The Morgan fingerprint density at radius 3 is 2.50 bits per heavy atom. The molecule has 1 N–H and O–H groups in total. The van der Waals surface area contributed by atoms with E-state index in [1.54, 1.807) is 0 Å². The first-order valence-electron chi connectivity index (χ1n) is 9.17. The third-order valence-electron chi connectivity index (χ3n) is 5.26. The fraction of sp³-hybridized carbons (Fsp3) is 0.318. The normalized spacial score (nSPS) is 20.6. The zero-order chi connectivity index (χ0) is 18.1. The second-order valence-electron chi connectivity index (χ2n) is 7.33. The highest BCUT2D eigenvalue weighted by atomic mass is 16.3. The van der Waals surface area contributed by atoms with E-state index in [1.165, 1.54) is 5.56 Å². The van der Waals surface area contributed by atoms with Crippen molar-refractivity contribution >= 4 is 0 Å². The lowest BCUT2D eigenvalue weighted by molar-refractivity contribution is 0.0453. The molecule has 1 saturated heterocycles. The number of aliphatic hydroxyl groups is 1. The SMILES string of the molecule is Cc1cc(C)n(-c2ccccc2CN2CCC(O)(c3ccccc3)C2)n1. The van der Waals surface area contributed by atoms with E-state index in [0.717, 1.165) is 42.1 Å². The molecule has 134 valence electrons. The lowest BCUT2D eigenvalue weighted by Gasteiger charge is -2.24. The standard InChI is InChI=1S/C22H25N3O/c1-17-14-18(2)25(23-17)21-11-7-6-8-19(21)15-24-13-12-22(26,16-24)20-9-4-3-5-10-20/h3-11,14,26H,12-13,15-16H2,1-2H3. The van der Waals surface area contributed by atoms with Crippen LogP contribution in [0.1, 0.15) is 28.9 Å². The molecule has 4 heteroatoms. The van der Waals surface area contributed by atoms with Gasteiger partial charge in [-0.3, -0.25) is 4.90 Å². The first kappa shape index (κ1) is 17.0. The van der Waals surface area contributed by atoms with Crippen molar-refractivity contribution in [1.82, 2.24) is 14.7 Å². The van der Waals surface area contributed by atoms with Crippen LogP contribution < -0.4 is 0 Å². The number of β-amino-alcohol motifs (C(OH)–C–C–N with tert-alkyl or cyclic N) is 1. The molecule has 0 saturated carbocycles. The fourth-order valence-electron chi connectivity index (χ4n) is 3.95. The Hall–Kier alpha value is -2.43. The number of hydrogen-bond acceptors (Lipinski definition) is 3. The van der Waals surface area contributed by atoms with E-state index in [4.69, 9.17) is 0 Å². The molecule has 0 spiro atoms. The molecule has 4 nitrogen and oxygen atoms in total. The molecule has 1 aliphatic heterocycles. The predicted octanol–water partition coefficient (Wildman–Crippen LogP) is 3.58. The molecular weight excluding hydrogens is 322 g/mol. The lowest BCUT2D eigenvalue weighted by atomic mass is 9.93. The van der Waals surface area contributed by atoms with Gasteiger partial charge in [-0.2, -0.15) is 5.10 Å². The number of aromatic nitrogens is 2. The number of likely N-dealkylation sites (tertiary alicyclic amines) is 1. The minimum Gasteiger partial charge on any atom is -0.384 e. The van der Waals surface area contributed by atoms with Crippen LogP contribution >= 0.6 is 0 Å². The van der Waals surface area contributed by atoms with Crippen molar-refractivity contribution in [2.75, 3.05) is 13.1 Å². The molecule has 0 amide bonds. The Balaban J connectivity index is 1.57. The Morgan fingerprint density at radius 1 is 1.04 bits per heavy atom. The van der Waals surface area contributed by atoms with Gasteiger partial charge < -0.3 is 5.11 Å². The van der Waals surface area contributed by atoms with E-state index in [0.29, 0.717) is 6.54 Å². The third-order valence-corrected chi connectivity index (χ3v) is 5.26. The van der Waals surface area contributed by atoms with Gasteiger partial charge in [0, 0.05) is 25.3 Å². The number of nitrogens with zero attached hydrogens (tertiary/aromatic N) is 3. The molecule has 1 aromatic heterocycles. The van der Waals surface area contributed by atoms with E-state index in [-0.39, 0.29) is 0 Å². The van der Waals surface area contributed by atoms with Crippen LogP contribution in [0.3, 0.4) is 0 Å². The molecule has 26 heavy (non-hydrogen) atoms. The van der Waals surface area contributed by atoms with Crippen LogP contribution in [-0.4, -0.2) is 32.9 Å². The monoisotopic (exact) mass is 347 g/mol. The highest BCUT2D eigenvalue weighted by Gasteiger charge is 2.37. The zero-order valence-electron chi connectivity index (χ0n) is 15.4. The van der Waals surface area contributed by atoms with Gasteiger partial charge in [0.05, 0.1) is 11.4 Å². The van der Waals surface area contributed by atoms with Crippen molar-refractivity contribution < 1.29 is 5.11 Å². The molecule has 0 bridgehead atoms.